The number of aryl methyl sites for hydroxylation is 1. The molecule has 1 aromatic heterocycles. The van der Waals surface area contributed by atoms with Crippen LogP contribution < -0.4 is 10.9 Å². The van der Waals surface area contributed by atoms with E-state index in [2.05, 4.69) is 34.7 Å². The molecule has 0 aliphatic carbocycles. The van der Waals surface area contributed by atoms with Crippen molar-refractivity contribution in [3.8, 4) is 0 Å². The van der Waals surface area contributed by atoms with Gasteiger partial charge in [0.1, 0.15) is 5.69 Å². The summed E-state index contributed by atoms with van der Waals surface area (Å²) < 4.78 is 1.28. The van der Waals surface area contributed by atoms with Crippen LogP contribution >= 0.6 is 0 Å². The highest BCUT2D eigenvalue weighted by molar-refractivity contribution is 5.91. The van der Waals surface area contributed by atoms with E-state index < -0.39 is 0 Å². The molecule has 3 rings (SSSR count). The summed E-state index contributed by atoms with van der Waals surface area (Å²) in [5.41, 5.74) is 2.49. The zero-order valence-corrected chi connectivity index (χ0v) is 15.3. The Morgan fingerprint density at radius 3 is 2.11 bits per heavy atom. The van der Waals surface area contributed by atoms with E-state index in [-0.39, 0.29) is 23.1 Å². The van der Waals surface area contributed by atoms with Crippen LogP contribution in [0.1, 0.15) is 40.9 Å². The Labute approximate surface area is 158 Å². The number of aromatic nitrogens is 2. The first-order chi connectivity index (χ1) is 13.2. The number of amides is 1. The standard InChI is InChI=1S/C22H23N3O2/c1-2-25-21(26)14-13-20(24-25)22(27)23-16-15-19(17-9-5-3-6-10-17)18-11-7-4-8-12-18/h3-14,19H,2,15-16H2,1H3,(H,23,27). The molecule has 27 heavy (non-hydrogen) atoms. The Kier molecular flexibility index (Phi) is 6.15. The van der Waals surface area contributed by atoms with Gasteiger partial charge in [-0.25, -0.2) is 4.68 Å². The van der Waals surface area contributed by atoms with Gasteiger partial charge in [-0.05, 0) is 30.5 Å². The number of benzene rings is 2. The first kappa shape index (κ1) is 18.6. The molecule has 0 radical (unpaired) electrons. The van der Waals surface area contributed by atoms with Crippen molar-refractivity contribution < 1.29 is 4.79 Å². The Hall–Kier alpha value is -3.21. The van der Waals surface area contributed by atoms with Crippen molar-refractivity contribution in [3.63, 3.8) is 0 Å². The number of carbonyl (C=O) groups is 1. The minimum absolute atomic E-state index is 0.199. The maximum absolute atomic E-state index is 12.4. The molecule has 5 nitrogen and oxygen atoms in total. The topological polar surface area (TPSA) is 64.0 Å². The van der Waals surface area contributed by atoms with Gasteiger partial charge in [0.15, 0.2) is 0 Å². The average Bonchev–Trinajstić information content (AvgIpc) is 2.72. The van der Waals surface area contributed by atoms with E-state index in [1.165, 1.54) is 27.9 Å². The van der Waals surface area contributed by atoms with Gasteiger partial charge in [0.2, 0.25) is 0 Å². The largest absolute Gasteiger partial charge is 0.351 e. The summed E-state index contributed by atoms with van der Waals surface area (Å²) in [4.78, 5) is 24.0. The van der Waals surface area contributed by atoms with Crippen LogP contribution in [0.25, 0.3) is 0 Å². The monoisotopic (exact) mass is 361 g/mol. The van der Waals surface area contributed by atoms with E-state index in [4.69, 9.17) is 0 Å². The van der Waals surface area contributed by atoms with Crippen molar-refractivity contribution in [1.82, 2.24) is 15.1 Å². The first-order valence-electron chi connectivity index (χ1n) is 9.15. The van der Waals surface area contributed by atoms with E-state index in [1.807, 2.05) is 43.3 Å². The molecule has 0 saturated carbocycles. The summed E-state index contributed by atoms with van der Waals surface area (Å²) in [5.74, 6) is -0.0673. The lowest BCUT2D eigenvalue weighted by atomic mass is 9.88. The van der Waals surface area contributed by atoms with Crippen LogP contribution in [0.4, 0.5) is 0 Å². The second kappa shape index (κ2) is 8.94. The van der Waals surface area contributed by atoms with E-state index in [0.717, 1.165) is 6.42 Å². The normalized spacial score (nSPS) is 10.7. The molecule has 138 valence electrons. The number of hydrogen-bond acceptors (Lipinski definition) is 3. The summed E-state index contributed by atoms with van der Waals surface area (Å²) in [6, 6.07) is 23.4. The van der Waals surface area contributed by atoms with Crippen LogP contribution in [0.3, 0.4) is 0 Å². The fraction of sp³-hybridized carbons (Fsp3) is 0.227. The van der Waals surface area contributed by atoms with Crippen LogP contribution in [0, 0.1) is 0 Å². The van der Waals surface area contributed by atoms with Crippen molar-refractivity contribution in [2.24, 2.45) is 0 Å². The minimum atomic E-state index is -0.267. The zero-order valence-electron chi connectivity index (χ0n) is 15.3. The van der Waals surface area contributed by atoms with Crippen molar-refractivity contribution in [3.05, 3.63) is 100.0 Å². The van der Waals surface area contributed by atoms with E-state index in [9.17, 15) is 9.59 Å². The Balaban J connectivity index is 1.69. The van der Waals surface area contributed by atoms with Gasteiger partial charge < -0.3 is 5.32 Å². The third-order valence-corrected chi connectivity index (χ3v) is 4.52. The zero-order chi connectivity index (χ0) is 19.1. The first-order valence-corrected chi connectivity index (χ1v) is 9.15. The number of nitrogens with one attached hydrogen (secondary N) is 1. The average molecular weight is 361 g/mol. The maximum atomic E-state index is 12.4. The smallest absolute Gasteiger partial charge is 0.271 e. The van der Waals surface area contributed by atoms with Crippen molar-refractivity contribution >= 4 is 5.91 Å². The molecule has 1 heterocycles. The molecule has 0 fully saturated rings. The van der Waals surface area contributed by atoms with Crippen LogP contribution in [0.2, 0.25) is 0 Å². The summed E-state index contributed by atoms with van der Waals surface area (Å²) in [7, 11) is 0. The van der Waals surface area contributed by atoms with Gasteiger partial charge >= 0.3 is 0 Å². The van der Waals surface area contributed by atoms with Gasteiger partial charge in [0.05, 0.1) is 0 Å². The lowest BCUT2D eigenvalue weighted by Crippen LogP contribution is -2.30. The van der Waals surface area contributed by atoms with E-state index in [0.29, 0.717) is 13.1 Å². The highest BCUT2D eigenvalue weighted by atomic mass is 16.2. The number of carbonyl (C=O) groups excluding carboxylic acids is 1. The van der Waals surface area contributed by atoms with Crippen LogP contribution in [0.5, 0.6) is 0 Å². The highest BCUT2D eigenvalue weighted by Gasteiger charge is 2.15. The predicted octanol–water partition coefficient (Wildman–Crippen LogP) is 3.22. The van der Waals surface area contributed by atoms with Gasteiger partial charge in [0.25, 0.3) is 11.5 Å². The molecule has 0 atom stereocenters. The summed E-state index contributed by atoms with van der Waals surface area (Å²) in [6.45, 7) is 2.77. The Bertz CT molecular complexity index is 897. The molecular formula is C22H23N3O2. The third kappa shape index (κ3) is 4.70. The molecule has 1 amide bonds. The molecule has 0 spiro atoms. The number of nitrogens with zero attached hydrogens (tertiary/aromatic N) is 2. The molecule has 0 aliphatic heterocycles. The molecule has 1 N–H and O–H groups in total. The highest BCUT2D eigenvalue weighted by Crippen LogP contribution is 2.27. The second-order valence-corrected chi connectivity index (χ2v) is 6.29. The molecule has 0 bridgehead atoms. The third-order valence-electron chi connectivity index (χ3n) is 4.52. The fourth-order valence-corrected chi connectivity index (χ4v) is 3.11. The number of rotatable bonds is 7. The molecule has 3 aromatic rings. The summed E-state index contributed by atoms with van der Waals surface area (Å²) in [5, 5.41) is 7.02. The SMILES string of the molecule is CCn1nc(C(=O)NCCC(c2ccccc2)c2ccccc2)ccc1=O. The number of hydrogen-bond donors (Lipinski definition) is 1. The van der Waals surface area contributed by atoms with E-state index in [1.54, 1.807) is 0 Å². The minimum Gasteiger partial charge on any atom is -0.351 e. The molecule has 2 aromatic carbocycles. The summed E-state index contributed by atoms with van der Waals surface area (Å²) in [6.07, 6.45) is 0.771. The second-order valence-electron chi connectivity index (χ2n) is 6.29. The lowest BCUT2D eigenvalue weighted by molar-refractivity contribution is 0.0945. The molecule has 0 unspecified atom stereocenters. The molecule has 0 saturated heterocycles. The summed E-state index contributed by atoms with van der Waals surface area (Å²) >= 11 is 0. The fourth-order valence-electron chi connectivity index (χ4n) is 3.11. The van der Waals surface area contributed by atoms with Crippen LogP contribution in [-0.2, 0) is 6.54 Å². The van der Waals surface area contributed by atoms with Gasteiger partial charge in [-0.3, -0.25) is 9.59 Å². The lowest BCUT2D eigenvalue weighted by Gasteiger charge is -2.18. The van der Waals surface area contributed by atoms with Crippen LogP contribution in [0.15, 0.2) is 77.6 Å². The van der Waals surface area contributed by atoms with Gasteiger partial charge in [-0.2, -0.15) is 5.10 Å². The van der Waals surface area contributed by atoms with Crippen molar-refractivity contribution in [2.75, 3.05) is 6.54 Å². The van der Waals surface area contributed by atoms with Crippen molar-refractivity contribution in [1.29, 1.82) is 0 Å². The Morgan fingerprint density at radius 2 is 1.56 bits per heavy atom. The Morgan fingerprint density at radius 1 is 0.963 bits per heavy atom. The van der Waals surface area contributed by atoms with Crippen molar-refractivity contribution in [2.45, 2.75) is 25.8 Å². The molecular weight excluding hydrogens is 338 g/mol. The predicted molar refractivity (Wildman–Crippen MR) is 106 cm³/mol. The quantitative estimate of drug-likeness (QED) is 0.703. The molecule has 0 aliphatic rings. The van der Waals surface area contributed by atoms with Gasteiger partial charge in [0, 0.05) is 25.1 Å². The van der Waals surface area contributed by atoms with E-state index >= 15 is 0 Å². The van der Waals surface area contributed by atoms with Crippen LogP contribution in [-0.4, -0.2) is 22.2 Å². The van der Waals surface area contributed by atoms with Gasteiger partial charge in [-0.1, -0.05) is 60.7 Å². The molecule has 5 heteroatoms. The maximum Gasteiger partial charge on any atom is 0.271 e. The van der Waals surface area contributed by atoms with Gasteiger partial charge in [-0.15, -0.1) is 0 Å².